The first-order chi connectivity index (χ1) is 10.8. The van der Waals surface area contributed by atoms with Crippen molar-refractivity contribution >= 4 is 37.5 Å². The van der Waals surface area contributed by atoms with Crippen LogP contribution in [-0.2, 0) is 14.6 Å². The quantitative estimate of drug-likeness (QED) is 0.573. The van der Waals surface area contributed by atoms with Crippen LogP contribution < -0.4 is 0 Å². The smallest absolute Gasteiger partial charge is 0.338 e. The monoisotopic (exact) mass is 396 g/mol. The third-order valence-electron chi connectivity index (χ3n) is 3.00. The molecule has 0 bridgehead atoms. The Morgan fingerprint density at radius 1 is 1.04 bits per heavy atom. The minimum Gasteiger partial charge on any atom is -0.454 e. The molecule has 0 heterocycles. The van der Waals surface area contributed by atoms with Gasteiger partial charge in [-0.15, -0.1) is 0 Å². The average Bonchev–Trinajstić information content (AvgIpc) is 2.52. The van der Waals surface area contributed by atoms with Gasteiger partial charge in [-0.2, -0.15) is 0 Å². The lowest BCUT2D eigenvalue weighted by Gasteiger charge is -2.06. The Hall–Kier alpha value is -1.99. The fourth-order valence-corrected chi connectivity index (χ4v) is 2.72. The number of hydrogen-bond acceptors (Lipinski definition) is 5. The molecule has 2 aromatic rings. The van der Waals surface area contributed by atoms with Crippen LogP contribution in [-0.4, -0.2) is 33.0 Å². The van der Waals surface area contributed by atoms with Gasteiger partial charge in [0.15, 0.2) is 22.2 Å². The molecule has 0 unspecified atom stereocenters. The van der Waals surface area contributed by atoms with Crippen LogP contribution in [0.2, 0.25) is 0 Å². The van der Waals surface area contributed by atoms with Gasteiger partial charge in [-0.25, -0.2) is 13.2 Å². The predicted octanol–water partition coefficient (Wildman–Crippen LogP) is 2.89. The number of Topliss-reactive ketones (excluding diaryl/α,β-unsaturated/α-hetero) is 1. The van der Waals surface area contributed by atoms with Crippen LogP contribution in [0.1, 0.15) is 20.7 Å². The van der Waals surface area contributed by atoms with Crippen LogP contribution in [0, 0.1) is 0 Å². The van der Waals surface area contributed by atoms with Crippen molar-refractivity contribution in [1.29, 1.82) is 0 Å². The number of ketones is 1. The van der Waals surface area contributed by atoms with Crippen LogP contribution in [0.25, 0.3) is 0 Å². The second kappa shape index (κ2) is 7.06. The zero-order chi connectivity index (χ0) is 17.0. The summed E-state index contributed by atoms with van der Waals surface area (Å²) in [6, 6.07) is 12.1. The third kappa shape index (κ3) is 4.74. The lowest BCUT2D eigenvalue weighted by atomic mass is 10.1. The van der Waals surface area contributed by atoms with Gasteiger partial charge in [0.2, 0.25) is 0 Å². The van der Waals surface area contributed by atoms with Crippen molar-refractivity contribution in [1.82, 2.24) is 0 Å². The Labute approximate surface area is 142 Å². The molecule has 23 heavy (non-hydrogen) atoms. The highest BCUT2D eigenvalue weighted by molar-refractivity contribution is 9.10. The third-order valence-corrected chi connectivity index (χ3v) is 4.64. The van der Waals surface area contributed by atoms with Crippen molar-refractivity contribution < 1.29 is 22.7 Å². The first-order valence-electron chi connectivity index (χ1n) is 6.53. The number of carbonyl (C=O) groups excluding carboxylic acids is 2. The van der Waals surface area contributed by atoms with Crippen LogP contribution in [0.5, 0.6) is 0 Å². The summed E-state index contributed by atoms with van der Waals surface area (Å²) in [6.45, 7) is -0.413. The highest BCUT2D eigenvalue weighted by atomic mass is 79.9. The van der Waals surface area contributed by atoms with Crippen molar-refractivity contribution in [3.8, 4) is 0 Å². The summed E-state index contributed by atoms with van der Waals surface area (Å²) in [7, 11) is -3.42. The van der Waals surface area contributed by atoms with Gasteiger partial charge in [-0.3, -0.25) is 4.79 Å². The molecule has 0 saturated carbocycles. The topological polar surface area (TPSA) is 77.5 Å². The number of rotatable bonds is 5. The molecule has 0 aromatic heterocycles. The summed E-state index contributed by atoms with van der Waals surface area (Å²) in [4.78, 5) is 23.9. The van der Waals surface area contributed by atoms with Gasteiger partial charge in [0.05, 0.1) is 10.5 Å². The van der Waals surface area contributed by atoms with E-state index in [1.54, 1.807) is 24.3 Å². The normalized spacial score (nSPS) is 11.0. The Morgan fingerprint density at radius 3 is 2.30 bits per heavy atom. The summed E-state index contributed by atoms with van der Waals surface area (Å²) in [6.07, 6.45) is 1.05. The molecule has 0 saturated heterocycles. The van der Waals surface area contributed by atoms with Crippen molar-refractivity contribution in [3.05, 3.63) is 64.1 Å². The molecule has 0 aliphatic carbocycles. The number of esters is 1. The van der Waals surface area contributed by atoms with E-state index < -0.39 is 22.4 Å². The highest BCUT2D eigenvalue weighted by Gasteiger charge is 2.14. The lowest BCUT2D eigenvalue weighted by molar-refractivity contribution is 0.0474. The van der Waals surface area contributed by atoms with Crippen molar-refractivity contribution in [2.45, 2.75) is 4.90 Å². The van der Waals surface area contributed by atoms with E-state index in [2.05, 4.69) is 15.9 Å². The summed E-state index contributed by atoms with van der Waals surface area (Å²) >= 11 is 3.26. The number of benzene rings is 2. The first-order valence-corrected chi connectivity index (χ1v) is 9.22. The second-order valence-corrected chi connectivity index (χ2v) is 7.74. The molecule has 2 rings (SSSR count). The van der Waals surface area contributed by atoms with Gasteiger partial charge in [-0.1, -0.05) is 34.1 Å². The number of halogens is 1. The fraction of sp³-hybridized carbons (Fsp3) is 0.125. The molecule has 2 aromatic carbocycles. The zero-order valence-corrected chi connectivity index (χ0v) is 14.6. The molecule has 120 valence electrons. The number of sulfone groups is 1. The van der Waals surface area contributed by atoms with Crippen LogP contribution in [0.3, 0.4) is 0 Å². The van der Waals surface area contributed by atoms with Gasteiger partial charge in [0, 0.05) is 16.3 Å². The predicted molar refractivity (Wildman–Crippen MR) is 88.3 cm³/mol. The summed E-state index contributed by atoms with van der Waals surface area (Å²) in [5.74, 6) is -1.09. The maximum atomic E-state index is 11.9. The van der Waals surface area contributed by atoms with Gasteiger partial charge in [0.1, 0.15) is 0 Å². The van der Waals surface area contributed by atoms with E-state index >= 15 is 0 Å². The van der Waals surface area contributed by atoms with E-state index in [0.29, 0.717) is 5.56 Å². The van der Waals surface area contributed by atoms with E-state index in [0.717, 1.165) is 10.7 Å². The summed E-state index contributed by atoms with van der Waals surface area (Å²) in [5.41, 5.74) is 0.502. The SMILES string of the molecule is CS(=O)(=O)c1cccc(C(=O)OCC(=O)c2ccc(Br)cc2)c1. The minimum absolute atomic E-state index is 0.0196. The molecule has 7 heteroatoms. The van der Waals surface area contributed by atoms with Gasteiger partial charge in [-0.05, 0) is 30.3 Å². The number of hydrogen-bond donors (Lipinski definition) is 0. The zero-order valence-electron chi connectivity index (χ0n) is 12.2. The fourth-order valence-electron chi connectivity index (χ4n) is 1.79. The number of carbonyl (C=O) groups is 2. The minimum atomic E-state index is -3.42. The van der Waals surface area contributed by atoms with Crippen LogP contribution >= 0.6 is 15.9 Å². The van der Waals surface area contributed by atoms with E-state index in [1.807, 2.05) is 0 Å². The first kappa shape index (κ1) is 17.4. The lowest BCUT2D eigenvalue weighted by Crippen LogP contribution is -2.14. The van der Waals surface area contributed by atoms with Gasteiger partial charge >= 0.3 is 5.97 Å². The standard InChI is InChI=1S/C16H13BrO5S/c1-23(20,21)14-4-2-3-12(9-14)16(19)22-10-15(18)11-5-7-13(17)8-6-11/h2-9H,10H2,1H3. The largest absolute Gasteiger partial charge is 0.454 e. The van der Waals surface area contributed by atoms with E-state index in [9.17, 15) is 18.0 Å². The van der Waals surface area contributed by atoms with Crippen LogP contribution in [0.4, 0.5) is 0 Å². The van der Waals surface area contributed by atoms with Gasteiger partial charge < -0.3 is 4.74 Å². The molecule has 0 spiro atoms. The molecule has 0 radical (unpaired) electrons. The molecule has 0 fully saturated rings. The average molecular weight is 397 g/mol. The molecule has 0 N–H and O–H groups in total. The summed E-state index contributed by atoms with van der Waals surface area (Å²) < 4.78 is 28.7. The van der Waals surface area contributed by atoms with Crippen molar-refractivity contribution in [2.24, 2.45) is 0 Å². The van der Waals surface area contributed by atoms with E-state index in [-0.39, 0.29) is 16.2 Å². The van der Waals surface area contributed by atoms with Crippen molar-refractivity contribution in [2.75, 3.05) is 12.9 Å². The maximum Gasteiger partial charge on any atom is 0.338 e. The molecule has 0 aliphatic heterocycles. The molecule has 5 nitrogen and oxygen atoms in total. The molecule has 0 amide bonds. The highest BCUT2D eigenvalue weighted by Crippen LogP contribution is 2.13. The summed E-state index contributed by atoms with van der Waals surface area (Å²) in [5, 5.41) is 0. The Bertz CT molecular complexity index is 841. The van der Waals surface area contributed by atoms with Gasteiger partial charge in [0.25, 0.3) is 0 Å². The second-order valence-electron chi connectivity index (χ2n) is 4.81. The molecular weight excluding hydrogens is 384 g/mol. The Morgan fingerprint density at radius 2 is 1.70 bits per heavy atom. The van der Waals surface area contributed by atoms with E-state index in [4.69, 9.17) is 4.74 Å². The number of ether oxygens (including phenoxy) is 1. The molecule has 0 atom stereocenters. The van der Waals surface area contributed by atoms with Crippen molar-refractivity contribution in [3.63, 3.8) is 0 Å². The van der Waals surface area contributed by atoms with Crippen LogP contribution in [0.15, 0.2) is 57.9 Å². The van der Waals surface area contributed by atoms with E-state index in [1.165, 1.54) is 24.3 Å². The Balaban J connectivity index is 2.05. The molecular formula is C16H13BrO5S. The maximum absolute atomic E-state index is 11.9. The Kier molecular flexibility index (Phi) is 5.33. The molecule has 0 aliphatic rings.